The summed E-state index contributed by atoms with van der Waals surface area (Å²) < 4.78 is 5.83. The van der Waals surface area contributed by atoms with E-state index in [-0.39, 0.29) is 11.3 Å². The lowest BCUT2D eigenvalue weighted by molar-refractivity contribution is 0.103. The highest BCUT2D eigenvalue weighted by Crippen LogP contribution is 2.28. The second-order valence-electron chi connectivity index (χ2n) is 6.75. The predicted molar refractivity (Wildman–Crippen MR) is 112 cm³/mol. The zero-order valence-electron chi connectivity index (χ0n) is 15.9. The van der Waals surface area contributed by atoms with E-state index in [2.05, 4.69) is 4.98 Å². The topological polar surface area (TPSA) is 92.4 Å². The number of benzene rings is 2. The normalized spacial score (nSPS) is 11.0. The van der Waals surface area contributed by atoms with E-state index >= 15 is 0 Å². The Hall–Kier alpha value is -3.29. The van der Waals surface area contributed by atoms with Crippen molar-refractivity contribution in [1.82, 2.24) is 4.98 Å². The Morgan fingerprint density at radius 1 is 1.14 bits per heavy atom. The zero-order valence-corrected chi connectivity index (χ0v) is 16.7. The van der Waals surface area contributed by atoms with Gasteiger partial charge in [-0.25, -0.2) is 0 Å². The van der Waals surface area contributed by atoms with Gasteiger partial charge in [-0.05, 0) is 37.1 Å². The molecule has 4 rings (SSSR count). The average molecular weight is 406 g/mol. The number of anilines is 1. The van der Waals surface area contributed by atoms with Crippen LogP contribution in [0.3, 0.4) is 0 Å². The molecule has 0 radical (unpaired) electrons. The van der Waals surface area contributed by atoms with E-state index < -0.39 is 0 Å². The van der Waals surface area contributed by atoms with Gasteiger partial charge in [0.05, 0.1) is 11.1 Å². The average Bonchev–Trinajstić information content (AvgIpc) is 3.02. The molecule has 7 heteroatoms. The highest BCUT2D eigenvalue weighted by molar-refractivity contribution is 7.18. The molecule has 0 saturated carbocycles. The second-order valence-corrected chi connectivity index (χ2v) is 7.94. The maximum atomic E-state index is 12.6. The van der Waals surface area contributed by atoms with Crippen LogP contribution in [0, 0.1) is 13.8 Å². The lowest BCUT2D eigenvalue weighted by atomic mass is 10.0. The lowest BCUT2D eigenvalue weighted by Crippen LogP contribution is -2.09. The van der Waals surface area contributed by atoms with E-state index in [4.69, 9.17) is 9.62 Å². The minimum atomic E-state index is -0.271. The van der Waals surface area contributed by atoms with E-state index in [0.29, 0.717) is 39.4 Å². The Labute approximate surface area is 170 Å². The summed E-state index contributed by atoms with van der Waals surface area (Å²) >= 11 is 1.45. The van der Waals surface area contributed by atoms with E-state index in [1.807, 2.05) is 31.5 Å². The predicted octanol–water partition coefficient (Wildman–Crippen LogP) is 4.49. The van der Waals surface area contributed by atoms with E-state index in [1.165, 1.54) is 11.3 Å². The summed E-state index contributed by atoms with van der Waals surface area (Å²) in [5.74, 6) is 0.203. The van der Waals surface area contributed by atoms with Crippen molar-refractivity contribution in [2.45, 2.75) is 20.3 Å². The molecule has 2 heterocycles. The van der Waals surface area contributed by atoms with E-state index in [0.717, 1.165) is 16.0 Å². The summed E-state index contributed by atoms with van der Waals surface area (Å²) in [7, 11) is 0. The van der Waals surface area contributed by atoms with Crippen LogP contribution in [0.4, 0.5) is 5.69 Å². The number of aromatic nitrogens is 1. The van der Waals surface area contributed by atoms with Crippen molar-refractivity contribution < 1.29 is 14.4 Å². The van der Waals surface area contributed by atoms with Crippen molar-refractivity contribution in [3.8, 4) is 0 Å². The molecular formula is C22H18N2O4S. The summed E-state index contributed by atoms with van der Waals surface area (Å²) in [5.41, 5.74) is 5.01. The fourth-order valence-corrected chi connectivity index (χ4v) is 4.15. The first-order valence-electron chi connectivity index (χ1n) is 9.00. The number of fused-ring (bicyclic) bond motifs is 1. The molecular weight excluding hydrogens is 388 g/mol. The highest BCUT2D eigenvalue weighted by atomic mass is 32.1. The lowest BCUT2D eigenvalue weighted by Gasteiger charge is -2.05. The Kier molecular flexibility index (Phi) is 5.00. The van der Waals surface area contributed by atoms with Crippen molar-refractivity contribution >= 4 is 33.1 Å². The van der Waals surface area contributed by atoms with Gasteiger partial charge in [0.15, 0.2) is 10.7 Å². The number of rotatable bonds is 5. The van der Waals surface area contributed by atoms with E-state index in [1.54, 1.807) is 36.4 Å². The molecule has 0 aliphatic heterocycles. The van der Waals surface area contributed by atoms with Crippen LogP contribution in [-0.4, -0.2) is 16.0 Å². The minimum absolute atomic E-state index is 0.149. The number of aryl methyl sites for hydroxylation is 2. The third kappa shape index (κ3) is 3.70. The van der Waals surface area contributed by atoms with Gasteiger partial charge in [0.1, 0.15) is 0 Å². The molecule has 0 unspecified atom stereocenters. The quantitative estimate of drug-likeness (QED) is 0.375. The van der Waals surface area contributed by atoms with Crippen molar-refractivity contribution in [1.29, 1.82) is 0 Å². The number of hydrogen-bond donors (Lipinski definition) is 2. The van der Waals surface area contributed by atoms with Gasteiger partial charge in [-0.15, -0.1) is 11.3 Å². The molecule has 6 nitrogen and oxygen atoms in total. The first kappa shape index (κ1) is 19.0. The highest BCUT2D eigenvalue weighted by Gasteiger charge is 2.15. The minimum Gasteiger partial charge on any atom is -0.431 e. The summed E-state index contributed by atoms with van der Waals surface area (Å²) in [5, 5.41) is 9.55. The molecule has 0 atom stereocenters. The Morgan fingerprint density at radius 3 is 2.62 bits per heavy atom. The number of carbonyl (C=O) groups is 1. The first-order chi connectivity index (χ1) is 14.0. The van der Waals surface area contributed by atoms with Gasteiger partial charge < -0.3 is 4.42 Å². The monoisotopic (exact) mass is 406 g/mol. The number of thiophene rings is 1. The maximum Gasteiger partial charge on any atom is 0.284 e. The van der Waals surface area contributed by atoms with Crippen LogP contribution in [0.2, 0.25) is 0 Å². The molecule has 0 saturated heterocycles. The molecule has 0 aliphatic carbocycles. The number of carbonyl (C=O) groups excluding carboxylic acids is 1. The van der Waals surface area contributed by atoms with Crippen LogP contribution in [0.25, 0.3) is 10.3 Å². The molecule has 0 spiro atoms. The smallest absolute Gasteiger partial charge is 0.284 e. The van der Waals surface area contributed by atoms with Gasteiger partial charge in [-0.1, -0.05) is 36.4 Å². The van der Waals surface area contributed by atoms with Gasteiger partial charge in [0.2, 0.25) is 5.89 Å². The Bertz CT molecular complexity index is 1270. The Balaban J connectivity index is 1.57. The number of hydrogen-bond acceptors (Lipinski definition) is 7. The fraction of sp³-hybridized carbons (Fsp3) is 0.136. The third-order valence-corrected chi connectivity index (χ3v) is 5.91. The maximum absolute atomic E-state index is 12.6. The molecule has 0 fully saturated rings. The van der Waals surface area contributed by atoms with Crippen LogP contribution >= 0.6 is 11.3 Å². The Morgan fingerprint density at radius 2 is 1.90 bits per heavy atom. The van der Waals surface area contributed by atoms with Crippen LogP contribution in [0.1, 0.15) is 37.8 Å². The van der Waals surface area contributed by atoms with Gasteiger partial charge in [0.25, 0.3) is 5.56 Å². The number of nitrogens with one attached hydrogen (secondary N) is 1. The van der Waals surface area contributed by atoms with Crippen molar-refractivity contribution in [2.24, 2.45) is 0 Å². The second kappa shape index (κ2) is 7.62. The van der Waals surface area contributed by atoms with Crippen LogP contribution in [0.15, 0.2) is 57.7 Å². The zero-order chi connectivity index (χ0) is 20.5. The third-order valence-electron chi connectivity index (χ3n) is 4.83. The van der Waals surface area contributed by atoms with Crippen molar-refractivity contribution in [3.63, 3.8) is 0 Å². The fourth-order valence-electron chi connectivity index (χ4n) is 3.14. The van der Waals surface area contributed by atoms with Crippen molar-refractivity contribution in [3.05, 3.63) is 91.9 Å². The molecule has 4 aromatic rings. The number of nitrogens with zero attached hydrogens (tertiary/aromatic N) is 1. The molecule has 0 bridgehead atoms. The van der Waals surface area contributed by atoms with Crippen LogP contribution in [0.5, 0.6) is 0 Å². The molecule has 146 valence electrons. The number of ketones is 1. The summed E-state index contributed by atoms with van der Waals surface area (Å²) in [4.78, 5) is 30.7. The molecule has 2 aromatic heterocycles. The van der Waals surface area contributed by atoms with Crippen LogP contribution < -0.4 is 11.0 Å². The first-order valence-corrected chi connectivity index (χ1v) is 9.81. The summed E-state index contributed by atoms with van der Waals surface area (Å²) in [6.45, 7) is 3.85. The van der Waals surface area contributed by atoms with Gasteiger partial charge >= 0.3 is 0 Å². The summed E-state index contributed by atoms with van der Waals surface area (Å²) in [6.07, 6.45) is 0.361. The summed E-state index contributed by atoms with van der Waals surface area (Å²) in [6, 6.07) is 13.7. The van der Waals surface area contributed by atoms with Crippen LogP contribution in [-0.2, 0) is 6.42 Å². The largest absolute Gasteiger partial charge is 0.431 e. The van der Waals surface area contributed by atoms with E-state index in [9.17, 15) is 9.59 Å². The molecule has 2 aromatic carbocycles. The van der Waals surface area contributed by atoms with Crippen molar-refractivity contribution in [2.75, 3.05) is 5.48 Å². The molecule has 0 aliphatic rings. The molecule has 2 N–H and O–H groups in total. The SMILES string of the molecule is Cc1sc2oc(Cc3ccc(C(=O)c4cccc(NO)c4)cc3)nc(=O)c2c1C. The molecule has 0 amide bonds. The molecule has 29 heavy (non-hydrogen) atoms. The van der Waals surface area contributed by atoms with Gasteiger partial charge in [-0.2, -0.15) is 4.98 Å². The van der Waals surface area contributed by atoms with Gasteiger partial charge in [0, 0.05) is 22.4 Å². The standard InChI is InChI=1S/C22H18N2O4S/c1-12-13(2)29-22-19(12)21(26)23-18(28-22)10-14-6-8-15(9-7-14)20(25)16-4-3-5-17(11-16)24-27/h3-9,11,24,27H,10H2,1-2H3. The van der Waals surface area contributed by atoms with Gasteiger partial charge in [-0.3, -0.25) is 20.3 Å².